The SMILES string of the molecule is CCC(N)C(SC1COC1)C(F)(F)F. The first kappa shape index (κ1) is 12.1. The highest BCUT2D eigenvalue weighted by molar-refractivity contribution is 8.00. The number of ether oxygens (including phenoxy) is 1. The van der Waals surface area contributed by atoms with E-state index in [1.807, 2.05) is 0 Å². The van der Waals surface area contributed by atoms with Gasteiger partial charge in [0.05, 0.1) is 18.5 Å². The lowest BCUT2D eigenvalue weighted by Crippen LogP contribution is -2.46. The molecule has 1 heterocycles. The van der Waals surface area contributed by atoms with E-state index < -0.39 is 17.5 Å². The molecule has 1 fully saturated rings. The second kappa shape index (κ2) is 4.72. The lowest BCUT2D eigenvalue weighted by molar-refractivity contribution is -0.132. The number of alkyl halides is 3. The largest absolute Gasteiger partial charge is 0.402 e. The average Bonchev–Trinajstić information content (AvgIpc) is 1.98. The van der Waals surface area contributed by atoms with Crippen molar-refractivity contribution in [2.24, 2.45) is 5.73 Å². The Balaban J connectivity index is 2.51. The van der Waals surface area contributed by atoms with Crippen molar-refractivity contribution in [1.29, 1.82) is 0 Å². The molecule has 2 N–H and O–H groups in total. The molecule has 84 valence electrons. The van der Waals surface area contributed by atoms with Gasteiger partial charge in [-0.1, -0.05) is 6.92 Å². The van der Waals surface area contributed by atoms with Gasteiger partial charge in [-0.05, 0) is 6.42 Å². The van der Waals surface area contributed by atoms with Crippen LogP contribution >= 0.6 is 11.8 Å². The Morgan fingerprint density at radius 3 is 2.36 bits per heavy atom. The van der Waals surface area contributed by atoms with Crippen molar-refractivity contribution in [2.45, 2.75) is 36.1 Å². The van der Waals surface area contributed by atoms with E-state index in [0.717, 1.165) is 11.8 Å². The Hall–Kier alpha value is 0.0600. The van der Waals surface area contributed by atoms with Gasteiger partial charge in [0.2, 0.25) is 0 Å². The molecular weight excluding hydrogens is 215 g/mol. The van der Waals surface area contributed by atoms with Crippen molar-refractivity contribution in [2.75, 3.05) is 13.2 Å². The molecule has 0 amide bonds. The highest BCUT2D eigenvalue weighted by Gasteiger charge is 2.45. The van der Waals surface area contributed by atoms with Crippen molar-refractivity contribution in [3.63, 3.8) is 0 Å². The minimum atomic E-state index is -4.21. The maximum atomic E-state index is 12.5. The van der Waals surface area contributed by atoms with Crippen LogP contribution in [0.1, 0.15) is 13.3 Å². The van der Waals surface area contributed by atoms with Crippen molar-refractivity contribution in [3.05, 3.63) is 0 Å². The van der Waals surface area contributed by atoms with Crippen molar-refractivity contribution in [1.82, 2.24) is 0 Å². The number of halogens is 3. The van der Waals surface area contributed by atoms with Crippen molar-refractivity contribution >= 4 is 11.8 Å². The third-order valence-electron chi connectivity index (χ3n) is 2.13. The minimum Gasteiger partial charge on any atom is -0.379 e. The summed E-state index contributed by atoms with van der Waals surface area (Å²) in [7, 11) is 0. The molecule has 1 aliphatic rings. The molecule has 14 heavy (non-hydrogen) atoms. The highest BCUT2D eigenvalue weighted by Crippen LogP contribution is 2.37. The Labute approximate surface area is 85.4 Å². The van der Waals surface area contributed by atoms with Crippen LogP contribution in [0, 0.1) is 0 Å². The Morgan fingerprint density at radius 1 is 1.50 bits per heavy atom. The van der Waals surface area contributed by atoms with Gasteiger partial charge < -0.3 is 10.5 Å². The third-order valence-corrected chi connectivity index (χ3v) is 3.70. The van der Waals surface area contributed by atoms with E-state index in [2.05, 4.69) is 0 Å². The Kier molecular flexibility index (Phi) is 4.09. The van der Waals surface area contributed by atoms with E-state index in [0.29, 0.717) is 19.6 Å². The van der Waals surface area contributed by atoms with Gasteiger partial charge in [0.15, 0.2) is 0 Å². The summed E-state index contributed by atoms with van der Waals surface area (Å²) in [5, 5.41) is -1.50. The number of hydrogen-bond donors (Lipinski definition) is 1. The molecule has 2 nitrogen and oxygen atoms in total. The summed E-state index contributed by atoms with van der Waals surface area (Å²) < 4.78 is 42.4. The zero-order valence-corrected chi connectivity index (χ0v) is 8.70. The molecule has 0 saturated carbocycles. The first-order chi connectivity index (χ1) is 6.45. The molecular formula is C8H14F3NOS. The smallest absolute Gasteiger partial charge is 0.379 e. The van der Waals surface area contributed by atoms with Gasteiger partial charge in [-0.15, -0.1) is 11.8 Å². The van der Waals surface area contributed by atoms with Crippen molar-refractivity contribution < 1.29 is 17.9 Å². The predicted molar refractivity (Wildman–Crippen MR) is 50.3 cm³/mol. The number of rotatable bonds is 4. The first-order valence-corrected chi connectivity index (χ1v) is 5.45. The second-order valence-corrected chi connectivity index (χ2v) is 4.78. The van der Waals surface area contributed by atoms with E-state index in [-0.39, 0.29) is 5.25 Å². The fourth-order valence-corrected chi connectivity index (χ4v) is 2.45. The molecule has 1 rings (SSSR count). The molecule has 0 spiro atoms. The molecule has 2 atom stereocenters. The lowest BCUT2D eigenvalue weighted by atomic mass is 10.1. The van der Waals surface area contributed by atoms with Crippen LogP contribution in [0.3, 0.4) is 0 Å². The van der Waals surface area contributed by atoms with Crippen LogP contribution in [-0.2, 0) is 4.74 Å². The predicted octanol–water partition coefficient (Wildman–Crippen LogP) is 1.79. The molecule has 0 aromatic heterocycles. The van der Waals surface area contributed by atoms with E-state index in [4.69, 9.17) is 10.5 Å². The summed E-state index contributed by atoms with van der Waals surface area (Å²) in [6.07, 6.45) is -3.87. The summed E-state index contributed by atoms with van der Waals surface area (Å²) in [5.74, 6) is 0. The minimum absolute atomic E-state index is 0.0424. The van der Waals surface area contributed by atoms with Crippen LogP contribution in [0.15, 0.2) is 0 Å². The van der Waals surface area contributed by atoms with Crippen LogP contribution in [0.4, 0.5) is 13.2 Å². The monoisotopic (exact) mass is 229 g/mol. The Bertz CT molecular complexity index is 184. The van der Waals surface area contributed by atoms with Gasteiger partial charge in [0, 0.05) is 6.04 Å². The molecule has 6 heteroatoms. The second-order valence-electron chi connectivity index (χ2n) is 3.33. The lowest BCUT2D eigenvalue weighted by Gasteiger charge is -2.32. The van der Waals surface area contributed by atoms with E-state index >= 15 is 0 Å². The summed E-state index contributed by atoms with van der Waals surface area (Å²) >= 11 is 0.896. The topological polar surface area (TPSA) is 35.2 Å². The van der Waals surface area contributed by atoms with Crippen LogP contribution in [0.2, 0.25) is 0 Å². The summed E-state index contributed by atoms with van der Waals surface area (Å²) in [6, 6.07) is -0.819. The van der Waals surface area contributed by atoms with Gasteiger partial charge >= 0.3 is 6.18 Å². The van der Waals surface area contributed by atoms with E-state index in [1.54, 1.807) is 6.92 Å². The highest BCUT2D eigenvalue weighted by atomic mass is 32.2. The molecule has 0 aliphatic carbocycles. The number of thioether (sulfide) groups is 1. The summed E-state index contributed by atoms with van der Waals surface area (Å²) in [6.45, 7) is 2.49. The van der Waals surface area contributed by atoms with Gasteiger partial charge in [0.1, 0.15) is 5.25 Å². The van der Waals surface area contributed by atoms with Crippen LogP contribution in [0.25, 0.3) is 0 Å². The standard InChI is InChI=1S/C8H14F3NOS/c1-2-6(12)7(8(9,10)11)14-5-3-13-4-5/h5-7H,2-4,12H2,1H3. The molecule has 1 aliphatic heterocycles. The third kappa shape index (κ3) is 3.03. The first-order valence-electron chi connectivity index (χ1n) is 4.50. The fraction of sp³-hybridized carbons (Fsp3) is 1.00. The molecule has 2 unspecified atom stereocenters. The number of nitrogens with two attached hydrogens (primary N) is 1. The zero-order valence-electron chi connectivity index (χ0n) is 7.88. The number of hydrogen-bond acceptors (Lipinski definition) is 3. The summed E-state index contributed by atoms with van der Waals surface area (Å²) in [5.41, 5.74) is 5.45. The summed E-state index contributed by atoms with van der Waals surface area (Å²) in [4.78, 5) is 0. The molecule has 0 radical (unpaired) electrons. The molecule has 0 aromatic rings. The maximum Gasteiger partial charge on any atom is 0.402 e. The normalized spacial score (nSPS) is 22.9. The van der Waals surface area contributed by atoms with E-state index in [9.17, 15) is 13.2 Å². The van der Waals surface area contributed by atoms with Crippen LogP contribution < -0.4 is 5.73 Å². The van der Waals surface area contributed by atoms with Gasteiger partial charge in [-0.3, -0.25) is 0 Å². The van der Waals surface area contributed by atoms with E-state index in [1.165, 1.54) is 0 Å². The molecule has 0 bridgehead atoms. The quantitative estimate of drug-likeness (QED) is 0.798. The maximum absolute atomic E-state index is 12.5. The molecule has 1 saturated heterocycles. The van der Waals surface area contributed by atoms with Gasteiger partial charge in [-0.25, -0.2) is 0 Å². The van der Waals surface area contributed by atoms with Crippen LogP contribution in [0.5, 0.6) is 0 Å². The Morgan fingerprint density at radius 2 is 2.07 bits per heavy atom. The van der Waals surface area contributed by atoms with Gasteiger partial charge in [-0.2, -0.15) is 13.2 Å². The zero-order chi connectivity index (χ0) is 10.8. The average molecular weight is 229 g/mol. The van der Waals surface area contributed by atoms with Crippen molar-refractivity contribution in [3.8, 4) is 0 Å². The fourth-order valence-electron chi connectivity index (χ4n) is 1.13. The molecule has 0 aromatic carbocycles. The van der Waals surface area contributed by atoms with Gasteiger partial charge in [0.25, 0.3) is 0 Å². The van der Waals surface area contributed by atoms with Crippen LogP contribution in [-0.4, -0.2) is 35.9 Å².